The van der Waals surface area contributed by atoms with Gasteiger partial charge in [0.25, 0.3) is 0 Å². The van der Waals surface area contributed by atoms with Gasteiger partial charge in [0.05, 0.1) is 7.11 Å². The number of nitrogens with two attached hydrogens (primary N) is 1. The Morgan fingerprint density at radius 2 is 2.00 bits per heavy atom. The van der Waals surface area contributed by atoms with E-state index in [1.165, 1.54) is 12.7 Å². The molecule has 0 aliphatic carbocycles. The van der Waals surface area contributed by atoms with Gasteiger partial charge in [0.15, 0.2) is 0 Å². The van der Waals surface area contributed by atoms with Crippen molar-refractivity contribution in [1.82, 2.24) is 0 Å². The molecule has 0 spiro atoms. The molecule has 1 aromatic rings. The third kappa shape index (κ3) is 6.12. The lowest BCUT2D eigenvalue weighted by atomic mass is 9.97. The zero-order valence-electron chi connectivity index (χ0n) is 11.7. The molecule has 1 rings (SSSR count). The molecule has 19 heavy (non-hydrogen) atoms. The molecule has 106 valence electrons. The fourth-order valence-corrected chi connectivity index (χ4v) is 2.78. The summed E-state index contributed by atoms with van der Waals surface area (Å²) in [6.45, 7) is 1.73. The Morgan fingerprint density at radius 1 is 1.32 bits per heavy atom. The highest BCUT2D eigenvalue weighted by molar-refractivity contribution is 7.98. The Bertz CT molecular complexity index is 379. The molecule has 0 fully saturated rings. The van der Waals surface area contributed by atoms with Crippen LogP contribution in [0.4, 0.5) is 0 Å². The molecular formula is C15H23NO2S. The van der Waals surface area contributed by atoms with Crippen molar-refractivity contribution in [1.29, 1.82) is 0 Å². The Hall–Kier alpha value is -1.00. The molecule has 0 aliphatic rings. The van der Waals surface area contributed by atoms with E-state index in [1.807, 2.05) is 17.8 Å². The summed E-state index contributed by atoms with van der Waals surface area (Å²) in [4.78, 5) is 11.4. The Balaban J connectivity index is 2.10. The van der Waals surface area contributed by atoms with Crippen LogP contribution in [-0.4, -0.2) is 24.4 Å². The van der Waals surface area contributed by atoms with Crippen LogP contribution in [0.2, 0.25) is 0 Å². The van der Waals surface area contributed by atoms with Crippen LogP contribution in [0.15, 0.2) is 30.3 Å². The number of carbonyl (C=O) groups is 1. The molecule has 0 aliphatic heterocycles. The van der Waals surface area contributed by atoms with E-state index in [4.69, 9.17) is 5.73 Å². The number of hydrogen-bond donors (Lipinski definition) is 1. The maximum atomic E-state index is 11.4. The van der Waals surface area contributed by atoms with E-state index in [9.17, 15) is 4.79 Å². The minimum absolute atomic E-state index is 0.329. The smallest absolute Gasteiger partial charge is 0.325 e. The van der Waals surface area contributed by atoms with Gasteiger partial charge >= 0.3 is 5.97 Å². The van der Waals surface area contributed by atoms with Crippen LogP contribution in [0.5, 0.6) is 0 Å². The molecule has 0 saturated heterocycles. The summed E-state index contributed by atoms with van der Waals surface area (Å²) >= 11 is 1.91. The maximum absolute atomic E-state index is 11.4. The number of methoxy groups -OCH3 is 1. The van der Waals surface area contributed by atoms with Gasteiger partial charge in [-0.2, -0.15) is 11.8 Å². The van der Waals surface area contributed by atoms with Crippen LogP contribution >= 0.6 is 11.8 Å². The molecule has 0 heterocycles. The van der Waals surface area contributed by atoms with Crippen LogP contribution in [0.3, 0.4) is 0 Å². The zero-order chi connectivity index (χ0) is 14.1. The topological polar surface area (TPSA) is 52.3 Å². The zero-order valence-corrected chi connectivity index (χ0v) is 12.5. The average Bonchev–Trinajstić information content (AvgIpc) is 2.42. The molecule has 1 aromatic carbocycles. The number of unbranched alkanes of at least 4 members (excludes halogenated alkanes) is 1. The first kappa shape index (κ1) is 16.1. The number of esters is 1. The fourth-order valence-electron chi connectivity index (χ4n) is 1.80. The molecule has 1 unspecified atom stereocenters. The van der Waals surface area contributed by atoms with Crippen molar-refractivity contribution in [3.8, 4) is 0 Å². The normalized spacial score (nSPS) is 13.8. The minimum Gasteiger partial charge on any atom is -0.468 e. The van der Waals surface area contributed by atoms with Gasteiger partial charge in [0.2, 0.25) is 0 Å². The van der Waals surface area contributed by atoms with Crippen LogP contribution in [-0.2, 0) is 15.3 Å². The first-order valence-electron chi connectivity index (χ1n) is 6.55. The largest absolute Gasteiger partial charge is 0.468 e. The van der Waals surface area contributed by atoms with Crippen molar-refractivity contribution in [2.45, 2.75) is 37.5 Å². The summed E-state index contributed by atoms with van der Waals surface area (Å²) < 4.78 is 4.68. The molecule has 0 radical (unpaired) electrons. The molecule has 1 atom stereocenters. The van der Waals surface area contributed by atoms with E-state index >= 15 is 0 Å². The lowest BCUT2D eigenvalue weighted by molar-refractivity contribution is -0.146. The van der Waals surface area contributed by atoms with Crippen molar-refractivity contribution in [3.05, 3.63) is 35.9 Å². The van der Waals surface area contributed by atoms with Gasteiger partial charge in [-0.15, -0.1) is 0 Å². The van der Waals surface area contributed by atoms with Crippen LogP contribution < -0.4 is 5.73 Å². The summed E-state index contributed by atoms with van der Waals surface area (Å²) in [7, 11) is 1.38. The second-order valence-corrected chi connectivity index (χ2v) is 6.01. The summed E-state index contributed by atoms with van der Waals surface area (Å²) in [6, 6.07) is 10.4. The number of ether oxygens (including phenoxy) is 1. The summed E-state index contributed by atoms with van der Waals surface area (Å²) in [5, 5.41) is 0. The Kier molecular flexibility index (Phi) is 6.95. The lowest BCUT2D eigenvalue weighted by Crippen LogP contribution is -2.45. The van der Waals surface area contributed by atoms with E-state index in [2.05, 4.69) is 29.0 Å². The van der Waals surface area contributed by atoms with Crippen molar-refractivity contribution in [2.24, 2.45) is 5.73 Å². The summed E-state index contributed by atoms with van der Waals surface area (Å²) in [6.07, 6.45) is 2.69. The van der Waals surface area contributed by atoms with Crippen molar-refractivity contribution >= 4 is 17.7 Å². The molecule has 3 nitrogen and oxygen atoms in total. The summed E-state index contributed by atoms with van der Waals surface area (Å²) in [5.41, 5.74) is 6.40. The monoisotopic (exact) mass is 281 g/mol. The molecule has 0 bridgehead atoms. The fraction of sp³-hybridized carbons (Fsp3) is 0.533. The molecule has 0 aromatic heterocycles. The number of hydrogen-bond acceptors (Lipinski definition) is 4. The first-order chi connectivity index (χ1) is 9.06. The highest BCUT2D eigenvalue weighted by Gasteiger charge is 2.28. The van der Waals surface area contributed by atoms with E-state index in [0.29, 0.717) is 6.42 Å². The van der Waals surface area contributed by atoms with E-state index < -0.39 is 5.54 Å². The molecule has 0 saturated carbocycles. The molecule has 4 heteroatoms. The molecule has 2 N–H and O–H groups in total. The number of rotatable bonds is 8. The molecule has 0 amide bonds. The third-order valence-corrected chi connectivity index (χ3v) is 4.11. The van der Waals surface area contributed by atoms with Gasteiger partial charge in [-0.05, 0) is 31.1 Å². The minimum atomic E-state index is -0.848. The highest BCUT2D eigenvalue weighted by atomic mass is 32.2. The highest BCUT2D eigenvalue weighted by Crippen LogP contribution is 2.17. The van der Waals surface area contributed by atoms with Crippen LogP contribution in [0, 0.1) is 0 Å². The van der Waals surface area contributed by atoms with Gasteiger partial charge < -0.3 is 10.5 Å². The van der Waals surface area contributed by atoms with E-state index in [1.54, 1.807) is 6.92 Å². The average molecular weight is 281 g/mol. The van der Waals surface area contributed by atoms with Crippen molar-refractivity contribution in [3.63, 3.8) is 0 Å². The standard InChI is InChI=1S/C15H23NO2S/c1-15(16,14(17)18-2)10-6-7-11-19-12-13-8-4-3-5-9-13/h3-5,8-9H,6-7,10-12,16H2,1-2H3. The van der Waals surface area contributed by atoms with Gasteiger partial charge in [0, 0.05) is 5.75 Å². The van der Waals surface area contributed by atoms with Gasteiger partial charge in [-0.1, -0.05) is 36.8 Å². The van der Waals surface area contributed by atoms with Crippen molar-refractivity contribution < 1.29 is 9.53 Å². The predicted molar refractivity (Wildman–Crippen MR) is 81.1 cm³/mol. The number of thioether (sulfide) groups is 1. The van der Waals surface area contributed by atoms with Gasteiger partial charge in [-0.3, -0.25) is 4.79 Å². The Labute approximate surface area is 119 Å². The Morgan fingerprint density at radius 3 is 2.63 bits per heavy atom. The second-order valence-electron chi connectivity index (χ2n) is 4.90. The second kappa shape index (κ2) is 8.23. The lowest BCUT2D eigenvalue weighted by Gasteiger charge is -2.20. The third-order valence-electron chi connectivity index (χ3n) is 3.00. The van der Waals surface area contributed by atoms with Crippen molar-refractivity contribution in [2.75, 3.05) is 12.9 Å². The molecular weight excluding hydrogens is 258 g/mol. The van der Waals surface area contributed by atoms with Gasteiger partial charge in [0.1, 0.15) is 5.54 Å². The van der Waals surface area contributed by atoms with Crippen LogP contribution in [0.1, 0.15) is 31.7 Å². The predicted octanol–water partition coefficient (Wildman–Crippen LogP) is 2.98. The quantitative estimate of drug-likeness (QED) is 0.588. The summed E-state index contributed by atoms with van der Waals surface area (Å²) in [5.74, 6) is 1.80. The number of carbonyl (C=O) groups excluding carboxylic acids is 1. The SMILES string of the molecule is COC(=O)C(C)(N)CCCCSCc1ccccc1. The van der Waals surface area contributed by atoms with E-state index in [-0.39, 0.29) is 5.97 Å². The first-order valence-corrected chi connectivity index (χ1v) is 7.71. The van der Waals surface area contributed by atoms with Gasteiger partial charge in [-0.25, -0.2) is 0 Å². The van der Waals surface area contributed by atoms with E-state index in [0.717, 1.165) is 24.3 Å². The van der Waals surface area contributed by atoms with Crippen LogP contribution in [0.25, 0.3) is 0 Å². The maximum Gasteiger partial charge on any atom is 0.325 e. The number of benzene rings is 1.